The maximum Gasteiger partial charge on any atom is 0.350 e. The molecule has 28 heavy (non-hydrogen) atoms. The Labute approximate surface area is 171 Å². The van der Waals surface area contributed by atoms with E-state index in [1.807, 2.05) is 19.1 Å². The predicted molar refractivity (Wildman–Crippen MR) is 110 cm³/mol. The number of methoxy groups -OCH3 is 1. The first-order valence-electron chi connectivity index (χ1n) is 9.01. The van der Waals surface area contributed by atoms with Gasteiger partial charge in [0.25, 0.3) is 5.91 Å². The lowest BCUT2D eigenvalue weighted by Gasteiger charge is -2.31. The fraction of sp³-hybridized carbons (Fsp3) is 0.421. The number of aryl methyl sites for hydroxylation is 1. The molecule has 3 rings (SSSR count). The number of carbonyl (C=O) groups is 3. The van der Waals surface area contributed by atoms with Crippen LogP contribution in [0.3, 0.4) is 0 Å². The van der Waals surface area contributed by atoms with Gasteiger partial charge >= 0.3 is 5.97 Å². The van der Waals surface area contributed by atoms with Crippen molar-refractivity contribution in [3.8, 4) is 0 Å². The lowest BCUT2D eigenvalue weighted by molar-refractivity contribution is -0.117. The summed E-state index contributed by atoms with van der Waals surface area (Å²) in [6.45, 7) is 3.70. The van der Waals surface area contributed by atoms with Crippen LogP contribution in [0.25, 0.3) is 0 Å². The van der Waals surface area contributed by atoms with E-state index in [0.29, 0.717) is 10.6 Å². The molecule has 0 spiro atoms. The maximum absolute atomic E-state index is 12.3. The third kappa shape index (κ3) is 5.18. The molecule has 1 saturated heterocycles. The fourth-order valence-corrected chi connectivity index (χ4v) is 4.64. The van der Waals surface area contributed by atoms with Gasteiger partial charge in [0.2, 0.25) is 5.91 Å². The summed E-state index contributed by atoms with van der Waals surface area (Å²) in [4.78, 5) is 40.6. The summed E-state index contributed by atoms with van der Waals surface area (Å²) in [5, 5.41) is 7.60. The number of nitrogens with zero attached hydrogens (tertiary/aromatic N) is 1. The summed E-state index contributed by atoms with van der Waals surface area (Å²) in [5.41, 5.74) is 0.482. The lowest BCUT2D eigenvalue weighted by atomic mass is 10.0. The minimum atomic E-state index is -0.456. The standard InChI is InChI=1S/C19H23N3O4S2/c1-12-3-4-15(28-12)18(24)20-13-5-8-22(9-6-13)11-16(23)21-14-7-10-27-17(14)19(25)26-2/h3-4,7,10,13H,5-6,8-9,11H2,1-2H3,(H,20,24)(H,21,23). The van der Waals surface area contributed by atoms with Crippen molar-refractivity contribution < 1.29 is 19.1 Å². The van der Waals surface area contributed by atoms with E-state index in [1.165, 1.54) is 29.8 Å². The molecule has 0 atom stereocenters. The van der Waals surface area contributed by atoms with Crippen molar-refractivity contribution in [1.29, 1.82) is 0 Å². The highest BCUT2D eigenvalue weighted by molar-refractivity contribution is 7.14. The third-order valence-corrected chi connectivity index (χ3v) is 6.46. The summed E-state index contributed by atoms with van der Waals surface area (Å²) in [6.07, 6.45) is 1.60. The monoisotopic (exact) mass is 421 g/mol. The summed E-state index contributed by atoms with van der Waals surface area (Å²) < 4.78 is 4.72. The van der Waals surface area contributed by atoms with E-state index < -0.39 is 5.97 Å². The number of amides is 2. The zero-order valence-corrected chi connectivity index (χ0v) is 17.5. The van der Waals surface area contributed by atoms with Gasteiger partial charge in [0.1, 0.15) is 4.88 Å². The summed E-state index contributed by atoms with van der Waals surface area (Å²) in [5.74, 6) is -0.648. The first-order chi connectivity index (χ1) is 13.5. The van der Waals surface area contributed by atoms with Crippen LogP contribution in [0.1, 0.15) is 37.1 Å². The van der Waals surface area contributed by atoms with Gasteiger partial charge in [-0.1, -0.05) is 0 Å². The second-order valence-corrected chi connectivity index (χ2v) is 8.84. The minimum Gasteiger partial charge on any atom is -0.465 e. The molecule has 7 nitrogen and oxygen atoms in total. The Morgan fingerprint density at radius 3 is 2.61 bits per heavy atom. The van der Waals surface area contributed by atoms with E-state index in [9.17, 15) is 14.4 Å². The van der Waals surface area contributed by atoms with Gasteiger partial charge in [0.15, 0.2) is 0 Å². The van der Waals surface area contributed by atoms with Gasteiger partial charge < -0.3 is 15.4 Å². The molecular weight excluding hydrogens is 398 g/mol. The Hall–Kier alpha value is -2.23. The number of thiophene rings is 2. The molecule has 2 N–H and O–H groups in total. The van der Waals surface area contributed by atoms with Crippen LogP contribution >= 0.6 is 22.7 Å². The van der Waals surface area contributed by atoms with Crippen LogP contribution in [0.5, 0.6) is 0 Å². The number of piperidine rings is 1. The largest absolute Gasteiger partial charge is 0.465 e. The highest BCUT2D eigenvalue weighted by Gasteiger charge is 2.23. The molecule has 2 aromatic rings. The van der Waals surface area contributed by atoms with Crippen molar-refractivity contribution in [3.63, 3.8) is 0 Å². The van der Waals surface area contributed by atoms with Gasteiger partial charge in [-0.05, 0) is 43.3 Å². The SMILES string of the molecule is COC(=O)c1sccc1NC(=O)CN1CCC(NC(=O)c2ccc(C)s2)CC1. The molecular formula is C19H23N3O4S2. The molecule has 1 fully saturated rings. The van der Waals surface area contributed by atoms with Crippen LogP contribution in [0, 0.1) is 6.92 Å². The number of likely N-dealkylation sites (tertiary alicyclic amines) is 1. The third-order valence-electron chi connectivity index (χ3n) is 4.56. The van der Waals surface area contributed by atoms with Crippen LogP contribution < -0.4 is 10.6 Å². The number of esters is 1. The normalized spacial score (nSPS) is 15.2. The summed E-state index contributed by atoms with van der Waals surface area (Å²) in [6, 6.07) is 5.61. The van der Waals surface area contributed by atoms with E-state index in [2.05, 4.69) is 15.5 Å². The number of carbonyl (C=O) groups excluding carboxylic acids is 3. The Bertz CT molecular complexity index is 853. The van der Waals surface area contributed by atoms with Crippen molar-refractivity contribution in [2.45, 2.75) is 25.8 Å². The van der Waals surface area contributed by atoms with Crippen LogP contribution in [0.15, 0.2) is 23.6 Å². The molecule has 150 valence electrons. The van der Waals surface area contributed by atoms with Gasteiger partial charge in [-0.15, -0.1) is 22.7 Å². The first kappa shape index (κ1) is 20.5. The van der Waals surface area contributed by atoms with Crippen LogP contribution in [0.2, 0.25) is 0 Å². The van der Waals surface area contributed by atoms with Crippen molar-refractivity contribution in [2.75, 3.05) is 32.1 Å². The molecule has 2 amide bonds. The molecule has 0 radical (unpaired) electrons. The second-order valence-electron chi connectivity index (χ2n) is 6.64. The van der Waals surface area contributed by atoms with E-state index in [4.69, 9.17) is 4.74 Å². The zero-order chi connectivity index (χ0) is 20.1. The average molecular weight is 422 g/mol. The maximum atomic E-state index is 12.3. The summed E-state index contributed by atoms with van der Waals surface area (Å²) >= 11 is 2.73. The van der Waals surface area contributed by atoms with E-state index in [-0.39, 0.29) is 24.4 Å². The van der Waals surface area contributed by atoms with Crippen molar-refractivity contribution >= 4 is 46.1 Å². The van der Waals surface area contributed by atoms with Gasteiger partial charge in [-0.25, -0.2) is 4.79 Å². The van der Waals surface area contributed by atoms with Gasteiger partial charge in [0.05, 0.1) is 24.2 Å². The summed E-state index contributed by atoms with van der Waals surface area (Å²) in [7, 11) is 1.32. The lowest BCUT2D eigenvalue weighted by Crippen LogP contribution is -2.46. The Morgan fingerprint density at radius 1 is 1.21 bits per heavy atom. The molecule has 3 heterocycles. The molecule has 0 unspecified atom stereocenters. The number of nitrogens with one attached hydrogen (secondary N) is 2. The number of rotatable bonds is 6. The molecule has 0 bridgehead atoms. The second kappa shape index (κ2) is 9.31. The average Bonchev–Trinajstić information content (AvgIpc) is 3.31. The van der Waals surface area contributed by atoms with Crippen LogP contribution in [0.4, 0.5) is 5.69 Å². The van der Waals surface area contributed by atoms with E-state index in [1.54, 1.807) is 11.4 Å². The number of anilines is 1. The Morgan fingerprint density at radius 2 is 1.96 bits per heavy atom. The van der Waals surface area contributed by atoms with Crippen molar-refractivity contribution in [3.05, 3.63) is 38.2 Å². The highest BCUT2D eigenvalue weighted by atomic mass is 32.1. The quantitative estimate of drug-likeness (QED) is 0.701. The number of hydrogen-bond acceptors (Lipinski definition) is 7. The van der Waals surface area contributed by atoms with Crippen LogP contribution in [-0.4, -0.2) is 55.5 Å². The molecule has 2 aromatic heterocycles. The highest BCUT2D eigenvalue weighted by Crippen LogP contribution is 2.23. The fourth-order valence-electron chi connectivity index (χ4n) is 3.10. The Balaban J connectivity index is 1.44. The molecule has 1 aliphatic rings. The molecule has 0 saturated carbocycles. The van der Waals surface area contributed by atoms with Gasteiger partial charge in [-0.2, -0.15) is 0 Å². The van der Waals surface area contributed by atoms with E-state index >= 15 is 0 Å². The van der Waals surface area contributed by atoms with Gasteiger partial charge in [-0.3, -0.25) is 14.5 Å². The molecule has 1 aliphatic heterocycles. The molecule has 0 aromatic carbocycles. The van der Waals surface area contributed by atoms with Crippen LogP contribution in [-0.2, 0) is 9.53 Å². The molecule has 0 aliphatic carbocycles. The van der Waals surface area contributed by atoms with Crippen molar-refractivity contribution in [2.24, 2.45) is 0 Å². The van der Waals surface area contributed by atoms with E-state index in [0.717, 1.165) is 35.7 Å². The van der Waals surface area contributed by atoms with Crippen molar-refractivity contribution in [1.82, 2.24) is 10.2 Å². The zero-order valence-electron chi connectivity index (χ0n) is 15.8. The Kier molecular flexibility index (Phi) is 6.82. The van der Waals surface area contributed by atoms with Gasteiger partial charge in [0, 0.05) is 24.0 Å². The topological polar surface area (TPSA) is 87.7 Å². The minimum absolute atomic E-state index is 0.0258. The molecule has 9 heteroatoms. The first-order valence-corrected chi connectivity index (χ1v) is 10.7. The number of hydrogen-bond donors (Lipinski definition) is 2. The smallest absolute Gasteiger partial charge is 0.350 e. The predicted octanol–water partition coefficient (Wildman–Crippen LogP) is 2.74. The number of ether oxygens (including phenoxy) is 1.